The van der Waals surface area contributed by atoms with Gasteiger partial charge in [0.25, 0.3) is 0 Å². The van der Waals surface area contributed by atoms with Gasteiger partial charge in [0, 0.05) is 36.1 Å². The van der Waals surface area contributed by atoms with Crippen molar-refractivity contribution in [3.05, 3.63) is 15.6 Å². The van der Waals surface area contributed by atoms with Gasteiger partial charge in [-0.3, -0.25) is 4.90 Å². The molecule has 0 spiro atoms. The number of rotatable bonds is 5. The number of nitrogens with one attached hydrogen (secondary N) is 1. The van der Waals surface area contributed by atoms with Crippen LogP contribution in [0.4, 0.5) is 0 Å². The van der Waals surface area contributed by atoms with Gasteiger partial charge in [-0.1, -0.05) is 20.8 Å². The molecule has 0 aromatic carbocycles. The Kier molecular flexibility index (Phi) is 5.81. The molecule has 1 fully saturated rings. The summed E-state index contributed by atoms with van der Waals surface area (Å²) in [4.78, 5) is 8.79. The third-order valence-corrected chi connectivity index (χ3v) is 5.83. The molecule has 1 aliphatic heterocycles. The van der Waals surface area contributed by atoms with Crippen LogP contribution in [0, 0.1) is 19.8 Å². The minimum absolute atomic E-state index is 0.484. The molecule has 0 saturated carbocycles. The Morgan fingerprint density at radius 3 is 2.57 bits per heavy atom. The Morgan fingerprint density at radius 1 is 1.33 bits per heavy atom. The highest BCUT2D eigenvalue weighted by molar-refractivity contribution is 7.11. The minimum Gasteiger partial charge on any atom is -0.311 e. The standard InChI is InChI=1S/C17H31N3S/c1-7-16-9-18-15(8-11(2)3)10-20(16)13(5)17-12(4)19-14(6)21-17/h11,13,15-16,18H,7-10H2,1-6H3. The van der Waals surface area contributed by atoms with E-state index >= 15 is 0 Å². The number of hydrogen-bond donors (Lipinski definition) is 1. The van der Waals surface area contributed by atoms with Crippen LogP contribution in [0.2, 0.25) is 0 Å². The predicted molar refractivity (Wildman–Crippen MR) is 92.0 cm³/mol. The molecule has 2 heterocycles. The molecule has 1 aliphatic rings. The lowest BCUT2D eigenvalue weighted by molar-refractivity contribution is 0.0814. The maximum Gasteiger partial charge on any atom is 0.0900 e. The molecule has 0 aliphatic carbocycles. The summed E-state index contributed by atoms with van der Waals surface area (Å²) in [5.74, 6) is 0.755. The highest BCUT2D eigenvalue weighted by Crippen LogP contribution is 2.32. The van der Waals surface area contributed by atoms with Crippen molar-refractivity contribution < 1.29 is 0 Å². The number of hydrogen-bond acceptors (Lipinski definition) is 4. The van der Waals surface area contributed by atoms with Crippen LogP contribution in [0.5, 0.6) is 0 Å². The van der Waals surface area contributed by atoms with Crippen LogP contribution in [0.3, 0.4) is 0 Å². The number of piperazine rings is 1. The average Bonchev–Trinajstić information content (AvgIpc) is 2.76. The highest BCUT2D eigenvalue weighted by atomic mass is 32.1. The van der Waals surface area contributed by atoms with Crippen molar-refractivity contribution in [1.82, 2.24) is 15.2 Å². The summed E-state index contributed by atoms with van der Waals surface area (Å²) in [5.41, 5.74) is 1.22. The molecule has 0 radical (unpaired) electrons. The topological polar surface area (TPSA) is 28.2 Å². The molecule has 120 valence electrons. The van der Waals surface area contributed by atoms with Gasteiger partial charge in [0.15, 0.2) is 0 Å². The van der Waals surface area contributed by atoms with E-state index in [1.807, 2.05) is 11.3 Å². The third kappa shape index (κ3) is 4.05. The summed E-state index contributed by atoms with van der Waals surface area (Å²) in [6.07, 6.45) is 2.48. The van der Waals surface area contributed by atoms with Crippen molar-refractivity contribution in [2.24, 2.45) is 5.92 Å². The zero-order chi connectivity index (χ0) is 15.6. The molecule has 2 rings (SSSR count). The van der Waals surface area contributed by atoms with Crippen molar-refractivity contribution in [2.75, 3.05) is 13.1 Å². The first-order valence-corrected chi connectivity index (χ1v) is 9.17. The van der Waals surface area contributed by atoms with Gasteiger partial charge in [-0.2, -0.15) is 0 Å². The number of aryl methyl sites for hydroxylation is 2. The molecule has 3 unspecified atom stereocenters. The van der Waals surface area contributed by atoms with Gasteiger partial charge in [-0.15, -0.1) is 11.3 Å². The van der Waals surface area contributed by atoms with E-state index in [1.165, 1.54) is 28.4 Å². The van der Waals surface area contributed by atoms with Crippen LogP contribution in [-0.2, 0) is 0 Å². The zero-order valence-electron chi connectivity index (χ0n) is 14.4. The van der Waals surface area contributed by atoms with Crippen LogP contribution in [-0.4, -0.2) is 35.1 Å². The SMILES string of the molecule is CCC1CNC(CC(C)C)CN1C(C)c1sc(C)nc1C. The largest absolute Gasteiger partial charge is 0.311 e. The molecule has 0 amide bonds. The van der Waals surface area contributed by atoms with E-state index in [4.69, 9.17) is 0 Å². The fourth-order valence-electron chi connectivity index (χ4n) is 3.55. The van der Waals surface area contributed by atoms with E-state index in [2.05, 4.69) is 56.7 Å². The highest BCUT2D eigenvalue weighted by Gasteiger charge is 2.32. The third-order valence-electron chi connectivity index (χ3n) is 4.59. The molecule has 1 aromatic rings. The summed E-state index contributed by atoms with van der Waals surface area (Å²) in [6.45, 7) is 15.9. The number of aromatic nitrogens is 1. The fourth-order valence-corrected chi connectivity index (χ4v) is 4.55. The van der Waals surface area contributed by atoms with E-state index in [1.54, 1.807) is 0 Å². The van der Waals surface area contributed by atoms with Crippen LogP contribution in [0.15, 0.2) is 0 Å². The molecule has 3 atom stereocenters. The second-order valence-corrected chi connectivity index (χ2v) is 8.09. The summed E-state index contributed by atoms with van der Waals surface area (Å²) >= 11 is 1.87. The van der Waals surface area contributed by atoms with Crippen LogP contribution < -0.4 is 5.32 Å². The second-order valence-electron chi connectivity index (χ2n) is 6.85. The Balaban J connectivity index is 2.14. The fraction of sp³-hybridized carbons (Fsp3) is 0.824. The smallest absolute Gasteiger partial charge is 0.0900 e. The molecule has 4 heteroatoms. The van der Waals surface area contributed by atoms with Gasteiger partial charge >= 0.3 is 0 Å². The Bertz CT molecular complexity index is 455. The molecular weight excluding hydrogens is 278 g/mol. The summed E-state index contributed by atoms with van der Waals surface area (Å²) in [6, 6.07) is 1.76. The Hall–Kier alpha value is -0.450. The number of thiazole rings is 1. The van der Waals surface area contributed by atoms with E-state index in [9.17, 15) is 0 Å². The first-order chi connectivity index (χ1) is 9.92. The molecule has 3 nitrogen and oxygen atoms in total. The maximum atomic E-state index is 4.62. The lowest BCUT2D eigenvalue weighted by atomic mass is 9.97. The van der Waals surface area contributed by atoms with Crippen molar-refractivity contribution in [3.63, 3.8) is 0 Å². The molecule has 0 bridgehead atoms. The second kappa shape index (κ2) is 7.21. The lowest BCUT2D eigenvalue weighted by Crippen LogP contribution is -2.57. The number of nitrogens with zero attached hydrogens (tertiary/aromatic N) is 2. The van der Waals surface area contributed by atoms with Gasteiger partial charge in [-0.05, 0) is 39.5 Å². The quantitative estimate of drug-likeness (QED) is 0.893. The van der Waals surface area contributed by atoms with Gasteiger partial charge in [-0.25, -0.2) is 4.98 Å². The minimum atomic E-state index is 0.484. The summed E-state index contributed by atoms with van der Waals surface area (Å²) in [7, 11) is 0. The van der Waals surface area contributed by atoms with E-state index in [0.29, 0.717) is 18.1 Å². The van der Waals surface area contributed by atoms with E-state index in [-0.39, 0.29) is 0 Å². The van der Waals surface area contributed by atoms with Crippen LogP contribution in [0.1, 0.15) is 62.2 Å². The van der Waals surface area contributed by atoms with Crippen molar-refractivity contribution in [1.29, 1.82) is 0 Å². The van der Waals surface area contributed by atoms with Gasteiger partial charge in [0.05, 0.1) is 10.7 Å². The maximum absolute atomic E-state index is 4.62. The molecular formula is C17H31N3S. The average molecular weight is 310 g/mol. The first kappa shape index (κ1) is 16.9. The van der Waals surface area contributed by atoms with E-state index in [0.717, 1.165) is 19.0 Å². The van der Waals surface area contributed by atoms with Crippen molar-refractivity contribution >= 4 is 11.3 Å². The van der Waals surface area contributed by atoms with Crippen molar-refractivity contribution in [2.45, 2.75) is 72.5 Å². The first-order valence-electron chi connectivity index (χ1n) is 8.35. The van der Waals surface area contributed by atoms with E-state index < -0.39 is 0 Å². The van der Waals surface area contributed by atoms with Crippen molar-refractivity contribution in [3.8, 4) is 0 Å². The molecule has 1 aromatic heterocycles. The normalized spacial score (nSPS) is 25.5. The predicted octanol–water partition coefficient (Wildman–Crippen LogP) is 3.92. The van der Waals surface area contributed by atoms with Gasteiger partial charge < -0.3 is 5.32 Å². The van der Waals surface area contributed by atoms with Gasteiger partial charge in [0.2, 0.25) is 0 Å². The zero-order valence-corrected chi connectivity index (χ0v) is 15.3. The Labute approximate surface area is 134 Å². The monoisotopic (exact) mass is 309 g/mol. The molecule has 1 N–H and O–H groups in total. The summed E-state index contributed by atoms with van der Waals surface area (Å²) < 4.78 is 0. The van der Waals surface area contributed by atoms with Crippen LogP contribution >= 0.6 is 11.3 Å². The molecule has 21 heavy (non-hydrogen) atoms. The lowest BCUT2D eigenvalue weighted by Gasteiger charge is -2.43. The van der Waals surface area contributed by atoms with Crippen LogP contribution in [0.25, 0.3) is 0 Å². The van der Waals surface area contributed by atoms with Gasteiger partial charge in [0.1, 0.15) is 0 Å². The summed E-state index contributed by atoms with van der Waals surface area (Å²) in [5, 5.41) is 4.94. The Morgan fingerprint density at radius 2 is 2.05 bits per heavy atom. The molecule has 1 saturated heterocycles.